The molecule has 2 aromatic heterocycles. The molecule has 2 rings (SSSR count). The number of nitrogens with one attached hydrogen (secondary N) is 1. The Hall–Kier alpha value is -2.19. The van der Waals surface area contributed by atoms with Gasteiger partial charge in [0.1, 0.15) is 17.3 Å². The zero-order chi connectivity index (χ0) is 11.5. The topological polar surface area (TPSA) is 82.4 Å². The molecule has 0 fully saturated rings. The molecule has 0 saturated carbocycles. The summed E-state index contributed by atoms with van der Waals surface area (Å²) in [6.45, 7) is 0. The molecule has 2 heterocycles. The van der Waals surface area contributed by atoms with E-state index in [4.69, 9.17) is 16.9 Å². The van der Waals surface area contributed by atoms with E-state index in [1.807, 2.05) is 0 Å². The van der Waals surface area contributed by atoms with Gasteiger partial charge in [0.15, 0.2) is 5.82 Å². The number of halogens is 1. The minimum atomic E-state index is -0.505. The average molecular weight is 233 g/mol. The molecule has 6 heteroatoms. The lowest BCUT2D eigenvalue weighted by atomic mass is 10.3. The zero-order valence-corrected chi connectivity index (χ0v) is 8.69. The molecule has 78 valence electrons. The van der Waals surface area contributed by atoms with Crippen molar-refractivity contribution in [3.05, 3.63) is 45.5 Å². The molecule has 16 heavy (non-hydrogen) atoms. The third kappa shape index (κ3) is 1.78. The lowest BCUT2D eigenvalue weighted by molar-refractivity contribution is 1.09. The molecule has 0 aliphatic carbocycles. The minimum Gasteiger partial charge on any atom is -0.304 e. The maximum absolute atomic E-state index is 11.4. The van der Waals surface area contributed by atoms with E-state index in [-0.39, 0.29) is 11.4 Å². The molecule has 0 aromatic carbocycles. The second-order valence-electron chi connectivity index (χ2n) is 2.92. The second kappa shape index (κ2) is 4.13. The summed E-state index contributed by atoms with van der Waals surface area (Å²) in [5, 5.41) is 8.97. The maximum Gasteiger partial charge on any atom is 0.269 e. The van der Waals surface area contributed by atoms with Crippen molar-refractivity contribution in [3.8, 4) is 17.6 Å². The summed E-state index contributed by atoms with van der Waals surface area (Å²) in [6, 6.07) is 5.04. The van der Waals surface area contributed by atoms with Crippen LogP contribution in [-0.2, 0) is 0 Å². The van der Waals surface area contributed by atoms with Gasteiger partial charge in [0.2, 0.25) is 0 Å². The maximum atomic E-state index is 11.4. The van der Waals surface area contributed by atoms with E-state index in [2.05, 4.69) is 15.0 Å². The fraction of sp³-hybridized carbons (Fsp3) is 0. The summed E-state index contributed by atoms with van der Waals surface area (Å²) >= 11 is 5.90. The first-order chi connectivity index (χ1) is 7.72. The molecular formula is C10H5ClN4O. The highest BCUT2D eigenvalue weighted by Gasteiger charge is 2.08. The van der Waals surface area contributed by atoms with Crippen LogP contribution in [0.3, 0.4) is 0 Å². The Morgan fingerprint density at radius 1 is 1.44 bits per heavy atom. The van der Waals surface area contributed by atoms with Crippen LogP contribution in [0.1, 0.15) is 5.56 Å². The van der Waals surface area contributed by atoms with Crippen LogP contribution in [0.15, 0.2) is 29.3 Å². The van der Waals surface area contributed by atoms with Crippen molar-refractivity contribution in [2.45, 2.75) is 0 Å². The van der Waals surface area contributed by atoms with Crippen molar-refractivity contribution in [2.75, 3.05) is 0 Å². The van der Waals surface area contributed by atoms with E-state index in [0.29, 0.717) is 10.7 Å². The van der Waals surface area contributed by atoms with Crippen LogP contribution < -0.4 is 5.56 Å². The zero-order valence-electron chi connectivity index (χ0n) is 7.94. The Bertz CT molecular complexity index is 629. The molecule has 1 N–H and O–H groups in total. The van der Waals surface area contributed by atoms with Crippen molar-refractivity contribution in [2.24, 2.45) is 0 Å². The monoisotopic (exact) mass is 232 g/mol. The van der Waals surface area contributed by atoms with Gasteiger partial charge in [0, 0.05) is 6.20 Å². The predicted molar refractivity (Wildman–Crippen MR) is 57.8 cm³/mol. The number of aromatic amines is 1. The van der Waals surface area contributed by atoms with Gasteiger partial charge >= 0.3 is 0 Å². The Balaban J connectivity index is 2.60. The van der Waals surface area contributed by atoms with Crippen molar-refractivity contribution in [3.63, 3.8) is 0 Å². The number of hydrogen-bond acceptors (Lipinski definition) is 4. The van der Waals surface area contributed by atoms with E-state index in [1.165, 1.54) is 6.20 Å². The third-order valence-corrected chi connectivity index (χ3v) is 2.21. The van der Waals surface area contributed by atoms with Gasteiger partial charge in [-0.25, -0.2) is 4.98 Å². The number of hydrogen-bond donors (Lipinski definition) is 1. The molecule has 2 aromatic rings. The molecule has 0 aliphatic heterocycles. The molecule has 0 radical (unpaired) electrons. The second-order valence-corrected chi connectivity index (χ2v) is 3.33. The first-order valence-corrected chi connectivity index (χ1v) is 4.70. The Morgan fingerprint density at radius 3 is 2.88 bits per heavy atom. The standard InChI is InChI=1S/C10H5ClN4O/c11-7-2-1-3-13-8(7)9-14-5-6(4-12)10(16)15-9/h1-3,5H,(H,14,15,16). The fourth-order valence-corrected chi connectivity index (χ4v) is 1.37. The van der Waals surface area contributed by atoms with Gasteiger partial charge in [-0.3, -0.25) is 9.78 Å². The summed E-state index contributed by atoms with van der Waals surface area (Å²) in [5.41, 5.74) is -0.171. The molecule has 0 spiro atoms. The lowest BCUT2D eigenvalue weighted by Crippen LogP contribution is -2.12. The molecule has 0 unspecified atom stereocenters. The molecule has 0 saturated heterocycles. The van der Waals surface area contributed by atoms with Crippen LogP contribution >= 0.6 is 11.6 Å². The molecule has 0 atom stereocenters. The largest absolute Gasteiger partial charge is 0.304 e. The van der Waals surface area contributed by atoms with E-state index in [1.54, 1.807) is 24.4 Å². The van der Waals surface area contributed by atoms with Crippen LogP contribution in [0.25, 0.3) is 11.5 Å². The average Bonchev–Trinajstić information content (AvgIpc) is 2.29. The highest BCUT2D eigenvalue weighted by molar-refractivity contribution is 6.32. The first-order valence-electron chi connectivity index (χ1n) is 4.32. The smallest absolute Gasteiger partial charge is 0.269 e. The summed E-state index contributed by atoms with van der Waals surface area (Å²) < 4.78 is 0. The van der Waals surface area contributed by atoms with Gasteiger partial charge in [0.25, 0.3) is 5.56 Å². The van der Waals surface area contributed by atoms with Crippen LogP contribution in [0.2, 0.25) is 5.02 Å². The fourth-order valence-electron chi connectivity index (χ4n) is 1.15. The number of H-pyrrole nitrogens is 1. The minimum absolute atomic E-state index is 0.0456. The van der Waals surface area contributed by atoms with Crippen LogP contribution in [0.5, 0.6) is 0 Å². The Kier molecular flexibility index (Phi) is 2.66. The van der Waals surface area contributed by atoms with Crippen LogP contribution in [-0.4, -0.2) is 15.0 Å². The van der Waals surface area contributed by atoms with Crippen molar-refractivity contribution < 1.29 is 0 Å². The molecule has 0 amide bonds. The highest BCUT2D eigenvalue weighted by atomic mass is 35.5. The number of rotatable bonds is 1. The SMILES string of the molecule is N#Cc1cnc(-c2ncccc2Cl)[nH]c1=O. The summed E-state index contributed by atoms with van der Waals surface area (Å²) in [6.07, 6.45) is 2.73. The summed E-state index contributed by atoms with van der Waals surface area (Å²) in [5.74, 6) is 0.245. The lowest BCUT2D eigenvalue weighted by Gasteiger charge is -2.01. The number of pyridine rings is 1. The van der Waals surface area contributed by atoms with Gasteiger partial charge in [0.05, 0.1) is 11.2 Å². The summed E-state index contributed by atoms with van der Waals surface area (Å²) in [4.78, 5) is 21.7. The quantitative estimate of drug-likeness (QED) is 0.805. The first kappa shape index (κ1) is 10.3. The van der Waals surface area contributed by atoms with Gasteiger partial charge in [-0.2, -0.15) is 5.26 Å². The Labute approximate surface area is 95.4 Å². The van der Waals surface area contributed by atoms with Crippen molar-refractivity contribution >= 4 is 11.6 Å². The third-order valence-electron chi connectivity index (χ3n) is 1.90. The van der Waals surface area contributed by atoms with E-state index >= 15 is 0 Å². The van der Waals surface area contributed by atoms with Gasteiger partial charge in [-0.1, -0.05) is 11.6 Å². The number of nitrogens with zero attached hydrogens (tertiary/aromatic N) is 3. The molecule has 0 aliphatic rings. The van der Waals surface area contributed by atoms with E-state index in [9.17, 15) is 4.79 Å². The van der Waals surface area contributed by atoms with E-state index < -0.39 is 5.56 Å². The van der Waals surface area contributed by atoms with Crippen LogP contribution in [0, 0.1) is 11.3 Å². The van der Waals surface area contributed by atoms with Gasteiger partial charge < -0.3 is 4.98 Å². The Morgan fingerprint density at radius 2 is 2.25 bits per heavy atom. The van der Waals surface area contributed by atoms with Gasteiger partial charge in [-0.15, -0.1) is 0 Å². The highest BCUT2D eigenvalue weighted by Crippen LogP contribution is 2.20. The predicted octanol–water partition coefficient (Wildman–Crippen LogP) is 1.36. The summed E-state index contributed by atoms with van der Waals surface area (Å²) in [7, 11) is 0. The molecule has 5 nitrogen and oxygen atoms in total. The normalized spacial score (nSPS) is 9.75. The number of nitriles is 1. The van der Waals surface area contributed by atoms with Crippen molar-refractivity contribution in [1.82, 2.24) is 15.0 Å². The van der Waals surface area contributed by atoms with Crippen molar-refractivity contribution in [1.29, 1.82) is 5.26 Å². The van der Waals surface area contributed by atoms with Gasteiger partial charge in [-0.05, 0) is 12.1 Å². The molecular weight excluding hydrogens is 228 g/mol. The van der Waals surface area contributed by atoms with E-state index in [0.717, 1.165) is 0 Å². The molecule has 0 bridgehead atoms. The number of aromatic nitrogens is 3. The van der Waals surface area contributed by atoms with Crippen LogP contribution in [0.4, 0.5) is 0 Å².